The highest BCUT2D eigenvalue weighted by molar-refractivity contribution is 6.35. The molecule has 0 saturated heterocycles. The van der Waals surface area contributed by atoms with Gasteiger partial charge in [0.15, 0.2) is 5.82 Å². The number of aromatic amines is 1. The molecule has 3 aromatic rings. The van der Waals surface area contributed by atoms with Gasteiger partial charge in [-0.2, -0.15) is 5.10 Å². The van der Waals surface area contributed by atoms with Crippen LogP contribution in [0.4, 0.5) is 10.2 Å². The van der Waals surface area contributed by atoms with Crippen molar-refractivity contribution in [3.63, 3.8) is 0 Å². The molecule has 21 heavy (non-hydrogen) atoms. The minimum Gasteiger partial charge on any atom is -0.276 e. The van der Waals surface area contributed by atoms with Crippen LogP contribution in [0.25, 0.3) is 10.9 Å². The van der Waals surface area contributed by atoms with Crippen molar-refractivity contribution >= 4 is 28.5 Å². The summed E-state index contributed by atoms with van der Waals surface area (Å²) in [4.78, 5) is 25.8. The van der Waals surface area contributed by atoms with E-state index < -0.39 is 17.6 Å². The molecule has 1 aliphatic heterocycles. The van der Waals surface area contributed by atoms with Gasteiger partial charge < -0.3 is 0 Å². The molecule has 0 fully saturated rings. The lowest BCUT2D eigenvalue weighted by Gasteiger charge is -2.10. The molecule has 1 aliphatic rings. The Labute approximate surface area is 118 Å². The predicted octanol–water partition coefficient (Wildman–Crippen LogP) is 2.50. The van der Waals surface area contributed by atoms with Crippen LogP contribution < -0.4 is 4.90 Å². The first-order chi connectivity index (χ1) is 10.2. The molecule has 1 aromatic heterocycles. The van der Waals surface area contributed by atoms with Gasteiger partial charge in [0.05, 0.1) is 16.6 Å². The molecule has 0 spiro atoms. The Hall–Kier alpha value is -3.02. The first kappa shape index (κ1) is 11.8. The molecule has 5 nitrogen and oxygen atoms in total. The summed E-state index contributed by atoms with van der Waals surface area (Å²) in [5.74, 6) is -1.24. The van der Waals surface area contributed by atoms with E-state index >= 15 is 0 Å². The van der Waals surface area contributed by atoms with Gasteiger partial charge in [-0.25, -0.2) is 9.29 Å². The second-order valence-corrected chi connectivity index (χ2v) is 4.73. The van der Waals surface area contributed by atoms with Crippen molar-refractivity contribution in [3.05, 3.63) is 59.4 Å². The Morgan fingerprint density at radius 1 is 1.00 bits per heavy atom. The largest absolute Gasteiger partial charge is 0.276 e. The third-order valence-corrected chi connectivity index (χ3v) is 3.51. The zero-order chi connectivity index (χ0) is 14.6. The lowest BCUT2D eigenvalue weighted by molar-refractivity contribution is 0.0925. The fourth-order valence-electron chi connectivity index (χ4n) is 2.52. The quantitative estimate of drug-likeness (QED) is 0.697. The van der Waals surface area contributed by atoms with Crippen molar-refractivity contribution in [2.24, 2.45) is 0 Å². The van der Waals surface area contributed by atoms with Crippen LogP contribution in [0.2, 0.25) is 0 Å². The first-order valence-corrected chi connectivity index (χ1v) is 6.28. The second-order valence-electron chi connectivity index (χ2n) is 4.73. The number of carbonyl (C=O) groups excluding carboxylic acids is 2. The summed E-state index contributed by atoms with van der Waals surface area (Å²) >= 11 is 0. The minimum atomic E-state index is -0.457. The topological polar surface area (TPSA) is 66.1 Å². The Bertz CT molecular complexity index is 881. The fraction of sp³-hybridized carbons (Fsp3) is 0. The van der Waals surface area contributed by atoms with Gasteiger partial charge in [0.1, 0.15) is 5.82 Å². The normalized spacial score (nSPS) is 14.0. The number of nitrogens with zero attached hydrogens (tertiary/aromatic N) is 2. The fourth-order valence-corrected chi connectivity index (χ4v) is 2.52. The zero-order valence-electron chi connectivity index (χ0n) is 10.6. The van der Waals surface area contributed by atoms with Crippen molar-refractivity contribution in [3.8, 4) is 0 Å². The molecule has 6 heteroatoms. The van der Waals surface area contributed by atoms with Crippen LogP contribution in [-0.4, -0.2) is 22.0 Å². The van der Waals surface area contributed by atoms with Crippen LogP contribution in [0.1, 0.15) is 20.7 Å². The number of anilines is 1. The maximum Gasteiger partial charge on any atom is 0.267 e. The molecule has 4 rings (SSSR count). The monoisotopic (exact) mass is 281 g/mol. The van der Waals surface area contributed by atoms with Crippen molar-refractivity contribution in [1.29, 1.82) is 0 Å². The maximum absolute atomic E-state index is 13.4. The second kappa shape index (κ2) is 3.99. The number of H-pyrrole nitrogens is 1. The van der Waals surface area contributed by atoms with E-state index in [9.17, 15) is 14.0 Å². The summed E-state index contributed by atoms with van der Waals surface area (Å²) in [6.45, 7) is 0. The van der Waals surface area contributed by atoms with E-state index in [4.69, 9.17) is 0 Å². The molecule has 2 amide bonds. The van der Waals surface area contributed by atoms with Crippen molar-refractivity contribution in [2.75, 3.05) is 4.90 Å². The van der Waals surface area contributed by atoms with E-state index in [1.807, 2.05) is 0 Å². The average Bonchev–Trinajstić information content (AvgIpc) is 3.00. The van der Waals surface area contributed by atoms with Crippen LogP contribution in [0, 0.1) is 5.82 Å². The highest BCUT2D eigenvalue weighted by atomic mass is 19.1. The SMILES string of the molecule is O=C1c2ccccc2C(=O)N1c1n[nH]c2ccc(F)cc12. The Morgan fingerprint density at radius 3 is 2.33 bits per heavy atom. The highest BCUT2D eigenvalue weighted by Gasteiger charge is 2.38. The minimum absolute atomic E-state index is 0.121. The number of hydrogen-bond donors (Lipinski definition) is 1. The number of amides is 2. The smallest absolute Gasteiger partial charge is 0.267 e. The van der Waals surface area contributed by atoms with Crippen LogP contribution >= 0.6 is 0 Å². The van der Waals surface area contributed by atoms with E-state index in [0.29, 0.717) is 22.0 Å². The van der Waals surface area contributed by atoms with Crippen LogP contribution in [0.15, 0.2) is 42.5 Å². The molecular weight excluding hydrogens is 273 g/mol. The lowest BCUT2D eigenvalue weighted by Crippen LogP contribution is -2.29. The standard InChI is InChI=1S/C15H8FN3O2/c16-8-5-6-12-11(7-8)13(18-17-12)19-14(20)9-3-1-2-4-10(9)15(19)21/h1-7H,(H,17,18). The van der Waals surface area contributed by atoms with Crippen molar-refractivity contribution < 1.29 is 14.0 Å². The summed E-state index contributed by atoms with van der Waals surface area (Å²) in [5.41, 5.74) is 1.22. The Kier molecular flexibility index (Phi) is 2.24. The van der Waals surface area contributed by atoms with E-state index in [1.54, 1.807) is 24.3 Å². The van der Waals surface area contributed by atoms with Crippen LogP contribution in [0.5, 0.6) is 0 Å². The molecule has 0 atom stereocenters. The molecule has 2 heterocycles. The van der Waals surface area contributed by atoms with Crippen molar-refractivity contribution in [1.82, 2.24) is 10.2 Å². The Morgan fingerprint density at radius 2 is 1.67 bits per heavy atom. The van der Waals surface area contributed by atoms with Gasteiger partial charge in [-0.05, 0) is 30.3 Å². The third kappa shape index (κ3) is 1.53. The average molecular weight is 281 g/mol. The number of halogens is 1. The summed E-state index contributed by atoms with van der Waals surface area (Å²) in [6.07, 6.45) is 0. The number of nitrogens with one attached hydrogen (secondary N) is 1. The third-order valence-electron chi connectivity index (χ3n) is 3.51. The van der Waals surface area contributed by atoms with Gasteiger partial charge in [0, 0.05) is 5.39 Å². The molecule has 102 valence electrons. The number of fused-ring (bicyclic) bond motifs is 2. The Balaban J connectivity index is 1.93. The van der Waals surface area contributed by atoms with E-state index in [1.165, 1.54) is 18.2 Å². The van der Waals surface area contributed by atoms with E-state index in [2.05, 4.69) is 10.2 Å². The molecule has 0 bridgehead atoms. The first-order valence-electron chi connectivity index (χ1n) is 6.28. The van der Waals surface area contributed by atoms with Crippen LogP contribution in [-0.2, 0) is 0 Å². The summed E-state index contributed by atoms with van der Waals surface area (Å²) in [5, 5.41) is 7.09. The molecular formula is C15H8FN3O2. The number of imide groups is 1. The molecule has 0 radical (unpaired) electrons. The number of aromatic nitrogens is 2. The molecule has 1 N–H and O–H groups in total. The van der Waals surface area contributed by atoms with Gasteiger partial charge >= 0.3 is 0 Å². The number of carbonyl (C=O) groups is 2. The zero-order valence-corrected chi connectivity index (χ0v) is 10.6. The number of rotatable bonds is 1. The van der Waals surface area contributed by atoms with E-state index in [0.717, 1.165) is 4.90 Å². The molecule has 0 saturated carbocycles. The molecule has 2 aromatic carbocycles. The van der Waals surface area contributed by atoms with Crippen molar-refractivity contribution in [2.45, 2.75) is 0 Å². The predicted molar refractivity (Wildman–Crippen MR) is 73.6 cm³/mol. The van der Waals surface area contributed by atoms with Gasteiger partial charge in [-0.3, -0.25) is 14.7 Å². The van der Waals surface area contributed by atoms with Gasteiger partial charge in [0.2, 0.25) is 0 Å². The highest BCUT2D eigenvalue weighted by Crippen LogP contribution is 2.31. The van der Waals surface area contributed by atoms with E-state index in [-0.39, 0.29) is 5.82 Å². The molecule has 0 unspecified atom stereocenters. The molecule has 0 aliphatic carbocycles. The summed E-state index contributed by atoms with van der Waals surface area (Å²) in [6, 6.07) is 10.6. The number of benzene rings is 2. The van der Waals surface area contributed by atoms with Gasteiger partial charge in [0.25, 0.3) is 11.8 Å². The lowest BCUT2D eigenvalue weighted by atomic mass is 10.1. The van der Waals surface area contributed by atoms with Gasteiger partial charge in [-0.1, -0.05) is 12.1 Å². The maximum atomic E-state index is 13.4. The van der Waals surface area contributed by atoms with Crippen LogP contribution in [0.3, 0.4) is 0 Å². The summed E-state index contributed by atoms with van der Waals surface area (Å²) < 4.78 is 13.4. The number of hydrogen-bond acceptors (Lipinski definition) is 3. The van der Waals surface area contributed by atoms with Gasteiger partial charge in [-0.15, -0.1) is 0 Å². The summed E-state index contributed by atoms with van der Waals surface area (Å²) in [7, 11) is 0.